The van der Waals surface area contributed by atoms with Gasteiger partial charge in [-0.3, -0.25) is 0 Å². The van der Waals surface area contributed by atoms with E-state index in [9.17, 15) is 13.5 Å². The molecule has 1 N–H and O–H groups in total. The van der Waals surface area contributed by atoms with E-state index in [2.05, 4.69) is 0 Å². The molecule has 0 saturated carbocycles. The standard InChI is InChI=1S/C14H18O3S/c1-11-6-5-7-12(15)10-14(11)18(16,17)13-8-3-2-4-9-13/h2-4,8-12,15H,5-7H2,1H3/t11-,12-/m0/s1. The second kappa shape index (κ2) is 5.24. The van der Waals surface area contributed by atoms with Crippen molar-refractivity contribution in [3.63, 3.8) is 0 Å². The molecule has 3 nitrogen and oxygen atoms in total. The van der Waals surface area contributed by atoms with Gasteiger partial charge in [-0.2, -0.15) is 0 Å². The second-order valence-electron chi connectivity index (χ2n) is 4.78. The predicted molar refractivity (Wildman–Crippen MR) is 70.7 cm³/mol. The van der Waals surface area contributed by atoms with E-state index in [1.54, 1.807) is 30.3 Å². The third-order valence-electron chi connectivity index (χ3n) is 3.34. The summed E-state index contributed by atoms with van der Waals surface area (Å²) < 4.78 is 25.0. The average Bonchev–Trinajstić information content (AvgIpc) is 2.53. The zero-order valence-electron chi connectivity index (χ0n) is 10.4. The van der Waals surface area contributed by atoms with Crippen LogP contribution in [0.2, 0.25) is 0 Å². The van der Waals surface area contributed by atoms with E-state index < -0.39 is 15.9 Å². The van der Waals surface area contributed by atoms with Crippen LogP contribution >= 0.6 is 0 Å². The van der Waals surface area contributed by atoms with Crippen LogP contribution in [-0.2, 0) is 9.84 Å². The molecule has 0 fully saturated rings. The topological polar surface area (TPSA) is 54.4 Å². The van der Waals surface area contributed by atoms with Crippen LogP contribution < -0.4 is 0 Å². The monoisotopic (exact) mass is 266 g/mol. The molecule has 0 spiro atoms. The van der Waals surface area contributed by atoms with Gasteiger partial charge in [-0.15, -0.1) is 0 Å². The highest BCUT2D eigenvalue weighted by atomic mass is 32.2. The molecular formula is C14H18O3S. The molecule has 1 aromatic rings. The summed E-state index contributed by atoms with van der Waals surface area (Å²) in [5.74, 6) is -0.0349. The van der Waals surface area contributed by atoms with Gasteiger partial charge < -0.3 is 5.11 Å². The van der Waals surface area contributed by atoms with Crippen molar-refractivity contribution < 1.29 is 13.5 Å². The average molecular weight is 266 g/mol. The van der Waals surface area contributed by atoms with E-state index in [1.807, 2.05) is 6.92 Å². The Bertz CT molecular complexity index is 531. The largest absolute Gasteiger partial charge is 0.389 e. The molecular weight excluding hydrogens is 248 g/mol. The van der Waals surface area contributed by atoms with Crippen LogP contribution in [-0.4, -0.2) is 19.6 Å². The van der Waals surface area contributed by atoms with Gasteiger partial charge in [0.25, 0.3) is 0 Å². The van der Waals surface area contributed by atoms with Crippen LogP contribution in [0.25, 0.3) is 0 Å². The van der Waals surface area contributed by atoms with Gasteiger partial charge >= 0.3 is 0 Å². The molecule has 98 valence electrons. The summed E-state index contributed by atoms with van der Waals surface area (Å²) >= 11 is 0. The fraction of sp³-hybridized carbons (Fsp3) is 0.429. The molecule has 0 heterocycles. The van der Waals surface area contributed by atoms with E-state index in [0.29, 0.717) is 16.2 Å². The molecule has 0 saturated heterocycles. The second-order valence-corrected chi connectivity index (χ2v) is 6.73. The normalized spacial score (nSPS) is 25.3. The molecule has 0 aromatic heterocycles. The van der Waals surface area contributed by atoms with E-state index in [0.717, 1.165) is 12.8 Å². The summed E-state index contributed by atoms with van der Waals surface area (Å²) in [6.45, 7) is 1.91. The van der Waals surface area contributed by atoms with Crippen molar-refractivity contribution in [3.8, 4) is 0 Å². The Kier molecular flexibility index (Phi) is 3.88. The van der Waals surface area contributed by atoms with Gasteiger partial charge in [0.05, 0.1) is 15.9 Å². The molecule has 1 aromatic carbocycles. The van der Waals surface area contributed by atoms with Gasteiger partial charge in [-0.1, -0.05) is 25.1 Å². The van der Waals surface area contributed by atoms with Crippen LogP contribution in [0.3, 0.4) is 0 Å². The molecule has 18 heavy (non-hydrogen) atoms. The summed E-state index contributed by atoms with van der Waals surface area (Å²) in [6.07, 6.45) is 3.16. The first-order valence-electron chi connectivity index (χ1n) is 6.21. The minimum atomic E-state index is -3.47. The molecule has 0 aliphatic heterocycles. The smallest absolute Gasteiger partial charge is 0.202 e. The highest BCUT2D eigenvalue weighted by Crippen LogP contribution is 2.31. The van der Waals surface area contributed by atoms with Crippen LogP contribution in [0.5, 0.6) is 0 Å². The molecule has 1 aliphatic rings. The number of rotatable bonds is 2. The van der Waals surface area contributed by atoms with E-state index in [1.165, 1.54) is 6.08 Å². The first kappa shape index (κ1) is 13.3. The third-order valence-corrected chi connectivity index (χ3v) is 5.40. The molecule has 0 unspecified atom stereocenters. The van der Waals surface area contributed by atoms with E-state index >= 15 is 0 Å². The predicted octanol–water partition coefficient (Wildman–Crippen LogP) is 2.53. The number of hydrogen-bond donors (Lipinski definition) is 1. The van der Waals surface area contributed by atoms with Crippen LogP contribution in [0.15, 0.2) is 46.2 Å². The highest BCUT2D eigenvalue weighted by Gasteiger charge is 2.27. The van der Waals surface area contributed by atoms with Crippen LogP contribution in [0.1, 0.15) is 26.2 Å². The summed E-state index contributed by atoms with van der Waals surface area (Å²) in [7, 11) is -3.47. The Labute approximate surface area is 108 Å². The maximum atomic E-state index is 12.5. The van der Waals surface area contributed by atoms with E-state index in [-0.39, 0.29) is 5.92 Å². The van der Waals surface area contributed by atoms with Crippen molar-refractivity contribution in [3.05, 3.63) is 41.3 Å². The van der Waals surface area contributed by atoms with Gasteiger partial charge in [0.1, 0.15) is 0 Å². The minimum absolute atomic E-state index is 0.0349. The lowest BCUT2D eigenvalue weighted by atomic mass is 10.1. The molecule has 1 aliphatic carbocycles. The summed E-state index contributed by atoms with van der Waals surface area (Å²) in [6, 6.07) is 8.41. The molecule has 2 rings (SSSR count). The van der Waals surface area contributed by atoms with Gasteiger partial charge in [-0.25, -0.2) is 8.42 Å². The fourth-order valence-corrected chi connectivity index (χ4v) is 4.07. The van der Waals surface area contributed by atoms with Crippen molar-refractivity contribution in [2.24, 2.45) is 5.92 Å². The van der Waals surface area contributed by atoms with Gasteiger partial charge in [0.2, 0.25) is 9.84 Å². The fourth-order valence-electron chi connectivity index (χ4n) is 2.30. The zero-order chi connectivity index (χ0) is 13.2. The Morgan fingerprint density at radius 3 is 2.50 bits per heavy atom. The van der Waals surface area contributed by atoms with Crippen LogP contribution in [0, 0.1) is 5.92 Å². The Morgan fingerprint density at radius 1 is 1.17 bits per heavy atom. The number of allylic oxidation sites excluding steroid dienone is 1. The maximum absolute atomic E-state index is 12.5. The van der Waals surface area contributed by atoms with Crippen molar-refractivity contribution >= 4 is 9.84 Å². The first-order valence-corrected chi connectivity index (χ1v) is 7.70. The number of sulfone groups is 1. The summed E-state index contributed by atoms with van der Waals surface area (Å²) in [4.78, 5) is 0.663. The van der Waals surface area contributed by atoms with E-state index in [4.69, 9.17) is 0 Å². The Balaban J connectivity index is 2.46. The zero-order valence-corrected chi connectivity index (χ0v) is 11.2. The van der Waals surface area contributed by atoms with Gasteiger partial charge in [0.15, 0.2) is 0 Å². The number of benzene rings is 1. The van der Waals surface area contributed by atoms with Crippen molar-refractivity contribution in [2.75, 3.05) is 0 Å². The highest BCUT2D eigenvalue weighted by molar-refractivity contribution is 7.95. The molecule has 2 atom stereocenters. The number of aliphatic hydroxyl groups is 1. The summed E-state index contributed by atoms with van der Waals surface area (Å²) in [5, 5.41) is 9.75. The Morgan fingerprint density at radius 2 is 1.83 bits per heavy atom. The van der Waals surface area contributed by atoms with Gasteiger partial charge in [-0.05, 0) is 43.4 Å². The minimum Gasteiger partial charge on any atom is -0.389 e. The molecule has 4 heteroatoms. The lowest BCUT2D eigenvalue weighted by Gasteiger charge is -2.14. The lowest BCUT2D eigenvalue weighted by molar-refractivity contribution is 0.211. The number of hydrogen-bond acceptors (Lipinski definition) is 3. The van der Waals surface area contributed by atoms with Gasteiger partial charge in [0, 0.05) is 0 Å². The maximum Gasteiger partial charge on any atom is 0.202 e. The summed E-state index contributed by atoms with van der Waals surface area (Å²) in [5.41, 5.74) is 0. The number of aliphatic hydroxyl groups excluding tert-OH is 1. The lowest BCUT2D eigenvalue weighted by Crippen LogP contribution is -2.12. The van der Waals surface area contributed by atoms with Crippen molar-refractivity contribution in [1.82, 2.24) is 0 Å². The molecule has 0 bridgehead atoms. The first-order chi connectivity index (χ1) is 8.51. The van der Waals surface area contributed by atoms with Crippen molar-refractivity contribution in [2.45, 2.75) is 37.2 Å². The quantitative estimate of drug-likeness (QED) is 0.895. The molecule has 0 radical (unpaired) electrons. The third kappa shape index (κ3) is 2.65. The molecule has 0 amide bonds. The Hall–Kier alpha value is -1.13. The van der Waals surface area contributed by atoms with Crippen LogP contribution in [0.4, 0.5) is 0 Å². The SMILES string of the molecule is C[C@H]1CCC[C@H](O)C=C1S(=O)(=O)c1ccccc1. The van der Waals surface area contributed by atoms with Crippen molar-refractivity contribution in [1.29, 1.82) is 0 Å².